The van der Waals surface area contributed by atoms with Crippen LogP contribution < -0.4 is 26.7 Å². The number of hydrogen-bond acceptors (Lipinski definition) is 17. The van der Waals surface area contributed by atoms with E-state index >= 15 is 0 Å². The second-order valence-corrected chi connectivity index (χ2v) is 16.7. The molecule has 308 valence electrons. The number of phenols is 2. The van der Waals surface area contributed by atoms with Gasteiger partial charge < -0.3 is 49.7 Å². The van der Waals surface area contributed by atoms with Crippen LogP contribution in [0.15, 0.2) is 82.6 Å². The molecule has 1 spiro atoms. The number of amides is 1. The van der Waals surface area contributed by atoms with Crippen molar-refractivity contribution in [2.24, 2.45) is 0 Å². The van der Waals surface area contributed by atoms with Crippen LogP contribution in [0.25, 0.3) is 0 Å². The lowest BCUT2D eigenvalue weighted by Crippen LogP contribution is -2.37. The molecular weight excluding hydrogens is 826 g/mol. The predicted molar refractivity (Wildman–Crippen MR) is 194 cm³/mol. The molecule has 23 nitrogen and oxygen atoms in total. The number of benzene rings is 3. The van der Waals surface area contributed by atoms with Gasteiger partial charge in [0, 0.05) is 53.2 Å². The molecule has 2 unspecified atom stereocenters. The van der Waals surface area contributed by atoms with Gasteiger partial charge in [-0.25, -0.2) is 23.1 Å². The number of aromatic nitrogens is 5. The summed E-state index contributed by atoms with van der Waals surface area (Å²) in [5.74, 6) is -1.24. The minimum absolute atomic E-state index is 0.0683. The number of phenolic OH excluding ortho intramolecular Hbond substituents is 2. The van der Waals surface area contributed by atoms with Crippen LogP contribution in [0.1, 0.15) is 43.6 Å². The maximum Gasteiger partial charge on any atom is 0.479 e. The normalized spacial score (nSPS) is 22.0. The van der Waals surface area contributed by atoms with E-state index in [0.29, 0.717) is 16.7 Å². The number of carbonyl (C=O) groups is 2. The van der Waals surface area contributed by atoms with Crippen LogP contribution in [0.4, 0.5) is 0 Å². The highest BCUT2D eigenvalue weighted by molar-refractivity contribution is 7.69. The molecule has 8 N–H and O–H groups in total. The number of phosphoric acid groups is 1. The van der Waals surface area contributed by atoms with Gasteiger partial charge in [-0.05, 0) is 36.4 Å². The van der Waals surface area contributed by atoms with Crippen LogP contribution in [0.5, 0.6) is 23.0 Å². The maximum absolute atomic E-state index is 13.4. The van der Waals surface area contributed by atoms with Crippen molar-refractivity contribution in [1.82, 2.24) is 29.9 Å². The quantitative estimate of drug-likeness (QED) is 0.0630. The summed E-state index contributed by atoms with van der Waals surface area (Å²) in [7, 11) is -10.6. The first-order valence-corrected chi connectivity index (χ1v) is 20.3. The van der Waals surface area contributed by atoms with Crippen LogP contribution in [-0.2, 0) is 39.6 Å². The lowest BCUT2D eigenvalue weighted by Gasteiger charge is -2.36. The fraction of sp³-hybridized carbons (Fsp3) is 0.235. The zero-order valence-electron chi connectivity index (χ0n) is 29.7. The molecule has 8 rings (SSSR count). The van der Waals surface area contributed by atoms with E-state index in [-0.39, 0.29) is 47.2 Å². The van der Waals surface area contributed by atoms with Gasteiger partial charge in [-0.3, -0.25) is 28.2 Å². The van der Waals surface area contributed by atoms with Crippen molar-refractivity contribution in [3.63, 3.8) is 0 Å². The number of aliphatic hydroxyl groups is 2. The zero-order chi connectivity index (χ0) is 42.0. The fourth-order valence-corrected chi connectivity index (χ4v) is 9.27. The molecule has 25 heteroatoms. The van der Waals surface area contributed by atoms with Crippen molar-refractivity contribution in [3.05, 3.63) is 122 Å². The summed E-state index contributed by atoms with van der Waals surface area (Å²) in [4.78, 5) is 72.6. The molecular formula is C34H30N6O17P2. The highest BCUT2D eigenvalue weighted by Crippen LogP contribution is 2.59. The number of fused-ring (bicyclic) bond motifs is 6. The molecule has 5 aromatic rings. The van der Waals surface area contributed by atoms with Gasteiger partial charge in [-0.1, -0.05) is 11.3 Å². The van der Waals surface area contributed by atoms with E-state index in [2.05, 4.69) is 19.9 Å². The second-order valence-electron chi connectivity index (χ2n) is 13.3. The van der Waals surface area contributed by atoms with Gasteiger partial charge >= 0.3 is 27.1 Å². The van der Waals surface area contributed by atoms with Gasteiger partial charge in [0.2, 0.25) is 0 Å². The molecule has 0 aliphatic carbocycles. The topological polar surface area (TPSA) is 333 Å². The molecule has 2 aromatic heterocycles. The summed E-state index contributed by atoms with van der Waals surface area (Å²) in [6.07, 6.45) is -4.69. The van der Waals surface area contributed by atoms with Crippen LogP contribution in [0.2, 0.25) is 0 Å². The lowest BCUT2D eigenvalue weighted by atomic mass is 9.77. The summed E-state index contributed by atoms with van der Waals surface area (Å²) in [6, 6.07) is 13.9. The van der Waals surface area contributed by atoms with E-state index in [1.54, 1.807) is 18.2 Å². The minimum Gasteiger partial charge on any atom is -0.508 e. The Bertz CT molecular complexity index is 2700. The molecule has 1 fully saturated rings. The van der Waals surface area contributed by atoms with E-state index < -0.39 is 80.7 Å². The minimum atomic E-state index is -5.40. The number of aromatic hydroxyl groups is 2. The predicted octanol–water partition coefficient (Wildman–Crippen LogP) is -0.199. The van der Waals surface area contributed by atoms with Crippen molar-refractivity contribution < 1.29 is 72.0 Å². The Labute approximate surface area is 328 Å². The molecule has 3 aromatic carbocycles. The third kappa shape index (κ3) is 7.24. The Morgan fingerprint density at radius 3 is 2.29 bits per heavy atom. The Morgan fingerprint density at radius 1 is 0.932 bits per heavy atom. The maximum atomic E-state index is 13.4. The number of phosphoric ester groups is 1. The Kier molecular flexibility index (Phi) is 9.90. The Hall–Kier alpha value is -6.00. The number of nitrogens with one attached hydrogen (secondary N) is 2. The molecule has 1 saturated heterocycles. The third-order valence-corrected chi connectivity index (χ3v) is 12.5. The van der Waals surface area contributed by atoms with Crippen LogP contribution in [0, 0.1) is 0 Å². The largest absolute Gasteiger partial charge is 0.508 e. The molecule has 59 heavy (non-hydrogen) atoms. The first-order chi connectivity index (χ1) is 28.0. The van der Waals surface area contributed by atoms with Crippen molar-refractivity contribution >= 4 is 32.7 Å². The van der Waals surface area contributed by atoms with Gasteiger partial charge in [0.1, 0.15) is 41.3 Å². The summed E-state index contributed by atoms with van der Waals surface area (Å²) in [6.45, 7) is -1.22. The van der Waals surface area contributed by atoms with Gasteiger partial charge in [0.05, 0.1) is 24.9 Å². The first kappa shape index (κ1) is 39.8. The molecule has 5 heterocycles. The zero-order valence-corrected chi connectivity index (χ0v) is 31.5. The van der Waals surface area contributed by atoms with Crippen LogP contribution in [-0.4, -0.2) is 98.1 Å². The van der Waals surface area contributed by atoms with E-state index in [1.165, 1.54) is 36.4 Å². The molecule has 3 aliphatic rings. The number of carbonyl (C=O) groups excluding carboxylic acids is 2. The van der Waals surface area contributed by atoms with E-state index in [0.717, 1.165) is 27.7 Å². The molecule has 0 saturated carbocycles. The van der Waals surface area contributed by atoms with Crippen LogP contribution >= 0.6 is 15.4 Å². The lowest BCUT2D eigenvalue weighted by molar-refractivity contribution is -0.0540. The van der Waals surface area contributed by atoms with E-state index in [9.17, 15) is 58.5 Å². The van der Waals surface area contributed by atoms with Gasteiger partial charge in [-0.2, -0.15) is 0 Å². The average Bonchev–Trinajstić information content (AvgIpc) is 3.85. The SMILES string of the molecule is O=C(NCCn1cc(P(=O)(O)OP(=O)(O)OC[C@H]2O[C@@H](n3ccc(=O)[nH]c3=O)[C@H](O)[C@@H]2O)nn1)c1ccc2c(c1)C(=O)OC21c2ccc(O)cc2Oc2cc(O)ccc21. The summed E-state index contributed by atoms with van der Waals surface area (Å²) < 4.78 is 53.8. The average molecular weight is 857 g/mol. The number of aliphatic hydroxyl groups excluding tert-OH is 2. The number of ether oxygens (including phenoxy) is 3. The molecule has 1 amide bonds. The summed E-state index contributed by atoms with van der Waals surface area (Å²) >= 11 is 0. The molecule has 0 bridgehead atoms. The smallest absolute Gasteiger partial charge is 0.479 e. The summed E-state index contributed by atoms with van der Waals surface area (Å²) in [5.41, 5.74) is -2.72. The van der Waals surface area contributed by atoms with Crippen LogP contribution in [0.3, 0.4) is 0 Å². The Morgan fingerprint density at radius 2 is 1.61 bits per heavy atom. The van der Waals surface area contributed by atoms with Crippen molar-refractivity contribution in [3.8, 4) is 23.0 Å². The highest BCUT2D eigenvalue weighted by Gasteiger charge is 2.54. The standard InChI is InChI=1S/C34H30N6O17P2/c41-17-2-5-21-23(12-17)54-24-13-18(42)3-6-22(24)34(21)20-4-1-16(11-19(20)32(47)56-34)30(46)35-8-10-39-14-27(37-38-39)58(49,50)57-59(51,52)53-15-25-28(44)29(45)31(55-25)40-9-7-26(43)36-33(40)48/h1-7,9,11-14,25,28-29,31,41-42,44-45H,8,10,15H2,(H,35,46)(H,49,50)(H,51,52)(H,36,43,48)/t25-,28-,29-,31-/m1/s1. The number of aromatic amines is 1. The third-order valence-electron chi connectivity index (χ3n) is 9.56. The van der Waals surface area contributed by atoms with Gasteiger partial charge in [0.25, 0.3) is 11.5 Å². The van der Waals surface area contributed by atoms with Crippen molar-refractivity contribution in [1.29, 1.82) is 0 Å². The van der Waals surface area contributed by atoms with Crippen molar-refractivity contribution in [2.75, 3.05) is 13.2 Å². The molecule has 6 atom stereocenters. The second kappa shape index (κ2) is 14.7. The van der Waals surface area contributed by atoms with Gasteiger partial charge in [-0.15, -0.1) is 5.10 Å². The number of esters is 1. The number of nitrogens with zero attached hydrogens (tertiary/aromatic N) is 4. The first-order valence-electron chi connectivity index (χ1n) is 17.2. The number of H-pyrrole nitrogens is 1. The number of rotatable bonds is 11. The van der Waals surface area contributed by atoms with Crippen molar-refractivity contribution in [2.45, 2.75) is 36.7 Å². The number of hydrogen-bond donors (Lipinski definition) is 8. The van der Waals surface area contributed by atoms with E-state index in [1.807, 2.05) is 4.98 Å². The fourth-order valence-electron chi connectivity index (χ4n) is 6.86. The molecule has 0 radical (unpaired) electrons. The summed E-state index contributed by atoms with van der Waals surface area (Å²) in [5, 5.41) is 50.7. The van der Waals surface area contributed by atoms with E-state index in [4.69, 9.17) is 18.7 Å². The molecule has 3 aliphatic heterocycles. The monoisotopic (exact) mass is 856 g/mol. The highest BCUT2D eigenvalue weighted by atomic mass is 31.3. The Balaban J connectivity index is 0.892. The van der Waals surface area contributed by atoms with Gasteiger partial charge in [0.15, 0.2) is 17.3 Å².